The Labute approximate surface area is 242 Å². The fourth-order valence-electron chi connectivity index (χ4n) is 5.69. The number of benzene rings is 2. The number of methoxy groups -OCH3 is 2. The summed E-state index contributed by atoms with van der Waals surface area (Å²) in [7, 11) is 2.84. The second kappa shape index (κ2) is 9.42. The molecule has 1 spiro atoms. The van der Waals surface area contributed by atoms with Gasteiger partial charge in [0.2, 0.25) is 5.88 Å². The quantitative estimate of drug-likeness (QED) is 0.289. The highest BCUT2D eigenvalue weighted by Gasteiger charge is 2.63. The number of fused-ring (bicyclic) bond motifs is 4. The molecule has 1 atom stereocenters. The minimum atomic E-state index is -1.89. The Hall–Kier alpha value is -4.22. The topological polar surface area (TPSA) is 98.6 Å². The number of halogens is 4. The predicted octanol–water partition coefficient (Wildman–Crippen LogP) is 5.85. The second-order valence-corrected chi connectivity index (χ2v) is 10.6. The van der Waals surface area contributed by atoms with Gasteiger partial charge in [-0.05, 0) is 24.1 Å². The van der Waals surface area contributed by atoms with Crippen molar-refractivity contribution in [1.29, 1.82) is 0 Å². The molecule has 2 aliphatic heterocycles. The number of carbonyl (C=O) groups is 2. The lowest BCUT2D eigenvalue weighted by molar-refractivity contribution is -0.119. The van der Waals surface area contributed by atoms with Gasteiger partial charge in [-0.3, -0.25) is 14.5 Å². The minimum absolute atomic E-state index is 0.0692. The van der Waals surface area contributed by atoms with Crippen molar-refractivity contribution in [2.45, 2.75) is 25.3 Å². The third-order valence-corrected chi connectivity index (χ3v) is 7.77. The summed E-state index contributed by atoms with van der Waals surface area (Å²) >= 11 is 12.3. The van der Waals surface area contributed by atoms with Crippen molar-refractivity contribution in [2.75, 3.05) is 24.4 Å². The van der Waals surface area contributed by atoms with E-state index in [1.165, 1.54) is 26.6 Å². The first kappa shape index (κ1) is 27.0. The molecule has 4 heterocycles. The summed E-state index contributed by atoms with van der Waals surface area (Å²) in [4.78, 5) is 38.0. The highest BCUT2D eigenvalue weighted by Crippen LogP contribution is 2.56. The molecule has 0 fully saturated rings. The van der Waals surface area contributed by atoms with Gasteiger partial charge < -0.3 is 19.4 Å². The largest absolute Gasteiger partial charge is 0.479 e. The van der Waals surface area contributed by atoms with Gasteiger partial charge >= 0.3 is 6.01 Å². The van der Waals surface area contributed by atoms with Crippen LogP contribution in [0.25, 0.3) is 5.69 Å². The molecule has 13 heteroatoms. The van der Waals surface area contributed by atoms with Gasteiger partial charge in [0.1, 0.15) is 17.3 Å². The van der Waals surface area contributed by atoms with Crippen molar-refractivity contribution in [2.24, 2.45) is 0 Å². The van der Waals surface area contributed by atoms with Crippen molar-refractivity contribution in [3.05, 3.63) is 86.8 Å². The lowest BCUT2D eigenvalue weighted by Crippen LogP contribution is -2.51. The zero-order valence-corrected chi connectivity index (χ0v) is 23.6. The molecule has 0 saturated heterocycles. The Morgan fingerprint density at radius 2 is 1.78 bits per heavy atom. The van der Waals surface area contributed by atoms with Crippen LogP contribution in [0.4, 0.5) is 20.2 Å². The Morgan fingerprint density at radius 3 is 2.46 bits per heavy atom. The highest BCUT2D eigenvalue weighted by atomic mass is 35.5. The molecule has 210 valence electrons. The maximum atomic E-state index is 15.5. The third-order valence-electron chi connectivity index (χ3n) is 7.25. The average molecular weight is 600 g/mol. The standard InChI is InChI=1S/C28H21Cl2F2N5O4/c1-12(2)23-22-14(11-36(23)21-10-33-27(41-4)35-24(21)40-3)25(38)37(20-8-16(30)17(31)9-18(20)32)28(22)15-6-5-13(29)7-19(15)34-26(28)39/h5-12H,1-4H3,(H,34,39). The molecule has 0 bridgehead atoms. The molecule has 1 unspecified atom stereocenters. The molecule has 9 nitrogen and oxygen atoms in total. The van der Waals surface area contributed by atoms with E-state index in [9.17, 15) is 14.0 Å². The number of amides is 2. The molecular formula is C28H21Cl2F2N5O4. The molecule has 2 aliphatic rings. The van der Waals surface area contributed by atoms with E-state index in [0.29, 0.717) is 39.3 Å². The van der Waals surface area contributed by atoms with Crippen molar-refractivity contribution >= 4 is 46.4 Å². The minimum Gasteiger partial charge on any atom is -0.479 e. The molecule has 1 N–H and O–H groups in total. The summed E-state index contributed by atoms with van der Waals surface area (Å²) in [5, 5.41) is 2.74. The first-order valence-electron chi connectivity index (χ1n) is 12.4. The van der Waals surface area contributed by atoms with Gasteiger partial charge in [0.05, 0.1) is 36.7 Å². The summed E-state index contributed by atoms with van der Waals surface area (Å²) < 4.78 is 42.0. The van der Waals surface area contributed by atoms with Gasteiger partial charge in [0, 0.05) is 39.8 Å². The van der Waals surface area contributed by atoms with Crippen LogP contribution in [0.3, 0.4) is 0 Å². The van der Waals surface area contributed by atoms with E-state index in [2.05, 4.69) is 15.3 Å². The van der Waals surface area contributed by atoms with Crippen LogP contribution in [-0.2, 0) is 10.3 Å². The first-order valence-corrected chi connectivity index (χ1v) is 13.1. The zero-order valence-electron chi connectivity index (χ0n) is 22.1. The van der Waals surface area contributed by atoms with E-state index in [4.69, 9.17) is 32.7 Å². The molecule has 0 saturated carbocycles. The summed E-state index contributed by atoms with van der Waals surface area (Å²) in [6.07, 6.45) is 3.01. The van der Waals surface area contributed by atoms with Crippen LogP contribution in [0.15, 0.2) is 42.7 Å². The van der Waals surface area contributed by atoms with Gasteiger partial charge in [-0.2, -0.15) is 4.98 Å². The maximum Gasteiger partial charge on any atom is 0.319 e. The van der Waals surface area contributed by atoms with E-state index in [1.54, 1.807) is 22.8 Å². The lowest BCUT2D eigenvalue weighted by Gasteiger charge is -2.36. The molecule has 0 radical (unpaired) electrons. The van der Waals surface area contributed by atoms with Gasteiger partial charge in [0.15, 0.2) is 5.54 Å². The van der Waals surface area contributed by atoms with Crippen LogP contribution in [0.2, 0.25) is 10.0 Å². The van der Waals surface area contributed by atoms with Crippen molar-refractivity contribution < 1.29 is 27.8 Å². The van der Waals surface area contributed by atoms with Crippen LogP contribution >= 0.6 is 23.2 Å². The smallest absolute Gasteiger partial charge is 0.319 e. The van der Waals surface area contributed by atoms with E-state index in [-0.39, 0.29) is 29.1 Å². The first-order chi connectivity index (χ1) is 19.5. The number of ether oxygens (including phenoxy) is 2. The monoisotopic (exact) mass is 599 g/mol. The fraction of sp³-hybridized carbons (Fsp3) is 0.214. The van der Waals surface area contributed by atoms with Crippen LogP contribution in [0, 0.1) is 11.6 Å². The number of rotatable bonds is 5. The van der Waals surface area contributed by atoms with E-state index in [0.717, 1.165) is 11.0 Å². The number of carbonyl (C=O) groups excluding carboxylic acids is 2. The molecule has 6 rings (SSSR count). The van der Waals surface area contributed by atoms with Crippen molar-refractivity contribution in [3.63, 3.8) is 0 Å². The molecule has 2 amide bonds. The van der Waals surface area contributed by atoms with Crippen molar-refractivity contribution in [1.82, 2.24) is 14.5 Å². The number of hydrogen-bond donors (Lipinski definition) is 1. The molecule has 2 aromatic heterocycles. The highest BCUT2D eigenvalue weighted by molar-refractivity contribution is 6.32. The van der Waals surface area contributed by atoms with Crippen LogP contribution in [0.5, 0.6) is 11.9 Å². The maximum absolute atomic E-state index is 15.5. The Kier molecular flexibility index (Phi) is 6.20. The molecule has 2 aromatic carbocycles. The van der Waals surface area contributed by atoms with Crippen LogP contribution in [-0.4, -0.2) is 40.6 Å². The Bertz CT molecular complexity index is 1790. The van der Waals surface area contributed by atoms with Gasteiger partial charge in [0.25, 0.3) is 11.8 Å². The number of anilines is 2. The summed E-state index contributed by atoms with van der Waals surface area (Å²) in [6.45, 7) is 3.77. The summed E-state index contributed by atoms with van der Waals surface area (Å²) in [5.41, 5.74) is -0.202. The van der Waals surface area contributed by atoms with Gasteiger partial charge in [-0.15, -0.1) is 0 Å². The fourth-order valence-corrected chi connectivity index (χ4v) is 6.02. The molecule has 4 aromatic rings. The number of nitrogens with one attached hydrogen (secondary N) is 1. The SMILES string of the molecule is COc1ncc(-n2cc3c(c2C(C)C)C2(C(=O)Nc4cc(Cl)ccc42)N(c2cc(Cl)c(F)cc2F)C3=O)c(OC)n1. The third kappa shape index (κ3) is 3.65. The normalized spacial score (nSPS) is 17.3. The van der Waals surface area contributed by atoms with Crippen LogP contribution < -0.4 is 19.7 Å². The zero-order chi connectivity index (χ0) is 29.4. The molecular weight excluding hydrogens is 579 g/mol. The second-order valence-electron chi connectivity index (χ2n) is 9.79. The van der Waals surface area contributed by atoms with Gasteiger partial charge in [-0.25, -0.2) is 13.8 Å². The molecule has 0 aliphatic carbocycles. The van der Waals surface area contributed by atoms with Gasteiger partial charge in [-0.1, -0.05) is 43.1 Å². The van der Waals surface area contributed by atoms with Crippen LogP contribution in [0.1, 0.15) is 46.9 Å². The van der Waals surface area contributed by atoms with E-state index in [1.807, 2.05) is 13.8 Å². The number of nitrogens with zero attached hydrogens (tertiary/aromatic N) is 4. The van der Waals surface area contributed by atoms with E-state index >= 15 is 4.39 Å². The predicted molar refractivity (Wildman–Crippen MR) is 148 cm³/mol. The number of aromatic nitrogens is 3. The Morgan fingerprint density at radius 1 is 1.02 bits per heavy atom. The molecule has 41 heavy (non-hydrogen) atoms. The number of hydrogen-bond acceptors (Lipinski definition) is 6. The Balaban J connectivity index is 1.73. The van der Waals surface area contributed by atoms with Crippen molar-refractivity contribution in [3.8, 4) is 17.6 Å². The summed E-state index contributed by atoms with van der Waals surface area (Å²) in [6, 6.07) is 6.38. The van der Waals surface area contributed by atoms with E-state index < -0.39 is 34.0 Å². The lowest BCUT2D eigenvalue weighted by atomic mass is 9.81. The summed E-state index contributed by atoms with van der Waals surface area (Å²) in [5.74, 6) is -3.53. The average Bonchev–Trinajstić information content (AvgIpc) is 3.54.